The molecule has 1 aliphatic heterocycles. The van der Waals surface area contributed by atoms with Gasteiger partial charge in [-0.1, -0.05) is 30.3 Å². The predicted octanol–water partition coefficient (Wildman–Crippen LogP) is 3.55. The molecule has 0 unspecified atom stereocenters. The average Bonchev–Trinajstić information content (AvgIpc) is 3.29. The van der Waals surface area contributed by atoms with Gasteiger partial charge >= 0.3 is 0 Å². The van der Waals surface area contributed by atoms with Gasteiger partial charge in [-0.2, -0.15) is 0 Å². The van der Waals surface area contributed by atoms with Crippen LogP contribution in [0.4, 0.5) is 5.69 Å². The SMILES string of the molecule is NS(=O)(=O)c1ccc(NC(=O)C2CCN(C(=O)c3sccc3-c3ccccc3)CC2)cc1. The van der Waals surface area contributed by atoms with Crippen molar-refractivity contribution >= 4 is 38.9 Å². The molecule has 1 fully saturated rings. The van der Waals surface area contributed by atoms with Gasteiger partial charge < -0.3 is 10.2 Å². The maximum atomic E-state index is 13.1. The van der Waals surface area contributed by atoms with Crippen LogP contribution in [0.2, 0.25) is 0 Å². The van der Waals surface area contributed by atoms with Crippen LogP contribution in [0.3, 0.4) is 0 Å². The number of primary sulfonamides is 1. The van der Waals surface area contributed by atoms with Crippen LogP contribution in [0.15, 0.2) is 70.9 Å². The minimum absolute atomic E-state index is 0.00343. The predicted molar refractivity (Wildman–Crippen MR) is 125 cm³/mol. The lowest BCUT2D eigenvalue weighted by atomic mass is 9.95. The average molecular weight is 470 g/mol. The number of carbonyl (C=O) groups is 2. The van der Waals surface area contributed by atoms with Crippen LogP contribution >= 0.6 is 11.3 Å². The number of rotatable bonds is 5. The molecule has 0 spiro atoms. The molecular weight excluding hydrogens is 446 g/mol. The molecule has 0 aliphatic carbocycles. The number of thiophene rings is 1. The number of benzene rings is 2. The third-order valence-corrected chi connectivity index (χ3v) is 7.38. The first-order valence-corrected chi connectivity index (χ1v) is 12.6. The number of nitrogens with one attached hydrogen (secondary N) is 1. The third kappa shape index (κ3) is 4.90. The number of nitrogens with two attached hydrogens (primary N) is 1. The Hall–Kier alpha value is -3.01. The van der Waals surface area contributed by atoms with Gasteiger partial charge in [0, 0.05) is 30.3 Å². The molecular formula is C23H23N3O4S2. The minimum atomic E-state index is -3.77. The first kappa shape index (κ1) is 22.2. The maximum absolute atomic E-state index is 13.1. The summed E-state index contributed by atoms with van der Waals surface area (Å²) < 4.78 is 22.7. The molecule has 0 saturated carbocycles. The highest BCUT2D eigenvalue weighted by Gasteiger charge is 2.29. The third-order valence-electron chi connectivity index (χ3n) is 5.55. The molecule has 32 heavy (non-hydrogen) atoms. The second kappa shape index (κ2) is 9.23. The van der Waals surface area contributed by atoms with Gasteiger partial charge in [-0.05, 0) is 54.1 Å². The Bertz CT molecular complexity index is 1210. The van der Waals surface area contributed by atoms with Crippen LogP contribution in [-0.4, -0.2) is 38.2 Å². The molecule has 0 atom stereocenters. The van der Waals surface area contributed by atoms with Gasteiger partial charge in [-0.25, -0.2) is 13.6 Å². The van der Waals surface area contributed by atoms with E-state index in [4.69, 9.17) is 5.14 Å². The van der Waals surface area contributed by atoms with E-state index in [1.165, 1.54) is 35.6 Å². The van der Waals surface area contributed by atoms with Crippen LogP contribution in [0.1, 0.15) is 22.5 Å². The summed E-state index contributed by atoms with van der Waals surface area (Å²) in [6, 6.07) is 17.5. The fraction of sp³-hybridized carbons (Fsp3) is 0.217. The topological polar surface area (TPSA) is 110 Å². The van der Waals surface area contributed by atoms with Crippen LogP contribution in [0.25, 0.3) is 11.1 Å². The van der Waals surface area contributed by atoms with Crippen LogP contribution in [0.5, 0.6) is 0 Å². The Balaban J connectivity index is 1.36. The Morgan fingerprint density at radius 1 is 0.969 bits per heavy atom. The summed E-state index contributed by atoms with van der Waals surface area (Å²) in [4.78, 5) is 28.3. The number of hydrogen-bond donors (Lipinski definition) is 2. The summed E-state index contributed by atoms with van der Waals surface area (Å²) in [5, 5.41) is 9.84. The summed E-state index contributed by atoms with van der Waals surface area (Å²) in [5.41, 5.74) is 2.45. The normalized spacial score (nSPS) is 14.8. The van der Waals surface area contributed by atoms with Crippen molar-refractivity contribution in [2.24, 2.45) is 11.1 Å². The number of anilines is 1. The molecule has 0 bridgehead atoms. The summed E-state index contributed by atoms with van der Waals surface area (Å²) in [7, 11) is -3.77. The molecule has 2 amide bonds. The van der Waals surface area contributed by atoms with E-state index in [2.05, 4.69) is 5.32 Å². The van der Waals surface area contributed by atoms with Crippen molar-refractivity contribution < 1.29 is 18.0 Å². The van der Waals surface area contributed by atoms with E-state index in [-0.39, 0.29) is 22.6 Å². The molecule has 3 aromatic rings. The zero-order valence-corrected chi connectivity index (χ0v) is 18.9. The second-order valence-corrected chi connectivity index (χ2v) is 10.1. The zero-order valence-electron chi connectivity index (χ0n) is 17.2. The van der Waals surface area contributed by atoms with Crippen molar-refractivity contribution in [3.63, 3.8) is 0 Å². The number of hydrogen-bond acceptors (Lipinski definition) is 5. The van der Waals surface area contributed by atoms with E-state index < -0.39 is 10.0 Å². The molecule has 7 nitrogen and oxygen atoms in total. The fourth-order valence-corrected chi connectivity index (χ4v) is 5.18. The second-order valence-electron chi connectivity index (χ2n) is 7.65. The van der Waals surface area contributed by atoms with E-state index in [0.717, 1.165) is 11.1 Å². The van der Waals surface area contributed by atoms with Gasteiger partial charge in [0.2, 0.25) is 15.9 Å². The van der Waals surface area contributed by atoms with Crippen molar-refractivity contribution in [3.8, 4) is 11.1 Å². The fourth-order valence-electron chi connectivity index (χ4n) is 3.78. The van der Waals surface area contributed by atoms with Crippen molar-refractivity contribution in [1.82, 2.24) is 4.90 Å². The monoisotopic (exact) mass is 469 g/mol. The number of likely N-dealkylation sites (tertiary alicyclic amines) is 1. The van der Waals surface area contributed by atoms with Gasteiger partial charge in [0.1, 0.15) is 0 Å². The molecule has 2 heterocycles. The summed E-state index contributed by atoms with van der Waals surface area (Å²) in [6.07, 6.45) is 1.14. The van der Waals surface area contributed by atoms with Crippen LogP contribution < -0.4 is 10.5 Å². The minimum Gasteiger partial charge on any atom is -0.338 e. The molecule has 3 N–H and O–H groups in total. The number of amides is 2. The number of piperidine rings is 1. The first-order valence-electron chi connectivity index (χ1n) is 10.2. The highest BCUT2D eigenvalue weighted by Crippen LogP contribution is 2.30. The lowest BCUT2D eigenvalue weighted by molar-refractivity contribution is -0.121. The van der Waals surface area contributed by atoms with Crippen molar-refractivity contribution in [2.45, 2.75) is 17.7 Å². The van der Waals surface area contributed by atoms with Gasteiger partial charge in [0.25, 0.3) is 5.91 Å². The molecule has 1 aromatic heterocycles. The van der Waals surface area contributed by atoms with Crippen molar-refractivity contribution in [3.05, 3.63) is 70.9 Å². The molecule has 1 aliphatic rings. The quantitative estimate of drug-likeness (QED) is 0.595. The summed E-state index contributed by atoms with van der Waals surface area (Å²) in [5.74, 6) is -0.355. The Morgan fingerprint density at radius 2 is 1.62 bits per heavy atom. The van der Waals surface area contributed by atoms with E-state index in [1.807, 2.05) is 46.7 Å². The Kier molecular flexibility index (Phi) is 6.40. The molecule has 9 heteroatoms. The van der Waals surface area contributed by atoms with Gasteiger partial charge in [0.15, 0.2) is 0 Å². The maximum Gasteiger partial charge on any atom is 0.264 e. The molecule has 166 valence electrons. The van der Waals surface area contributed by atoms with Gasteiger partial charge in [0.05, 0.1) is 9.77 Å². The lowest BCUT2D eigenvalue weighted by Crippen LogP contribution is -2.41. The van der Waals surface area contributed by atoms with E-state index >= 15 is 0 Å². The molecule has 4 rings (SSSR count). The van der Waals surface area contributed by atoms with E-state index in [0.29, 0.717) is 36.5 Å². The summed E-state index contributed by atoms with van der Waals surface area (Å²) in [6.45, 7) is 1.01. The summed E-state index contributed by atoms with van der Waals surface area (Å²) >= 11 is 1.44. The number of carbonyl (C=O) groups excluding carboxylic acids is 2. The molecule has 2 aromatic carbocycles. The van der Waals surface area contributed by atoms with E-state index in [9.17, 15) is 18.0 Å². The largest absolute Gasteiger partial charge is 0.338 e. The van der Waals surface area contributed by atoms with E-state index in [1.54, 1.807) is 0 Å². The van der Waals surface area contributed by atoms with Crippen molar-refractivity contribution in [1.29, 1.82) is 0 Å². The zero-order chi connectivity index (χ0) is 22.7. The first-order chi connectivity index (χ1) is 15.3. The van der Waals surface area contributed by atoms with Gasteiger partial charge in [-0.15, -0.1) is 11.3 Å². The molecule has 1 saturated heterocycles. The van der Waals surface area contributed by atoms with Crippen molar-refractivity contribution in [2.75, 3.05) is 18.4 Å². The smallest absolute Gasteiger partial charge is 0.264 e. The highest BCUT2D eigenvalue weighted by molar-refractivity contribution is 7.89. The Labute approximate surface area is 190 Å². The van der Waals surface area contributed by atoms with Crippen LogP contribution in [0, 0.1) is 5.92 Å². The van der Waals surface area contributed by atoms with Crippen LogP contribution in [-0.2, 0) is 14.8 Å². The lowest BCUT2D eigenvalue weighted by Gasteiger charge is -2.31. The standard InChI is InChI=1S/C23H23N3O4S2/c24-32(29,30)19-8-6-18(7-9-19)25-22(27)17-10-13-26(14-11-17)23(28)21-20(12-15-31-21)16-4-2-1-3-5-16/h1-9,12,15,17H,10-11,13-14H2,(H,25,27)(H2,24,29,30). The van der Waals surface area contributed by atoms with Gasteiger partial charge in [-0.3, -0.25) is 9.59 Å². The Morgan fingerprint density at radius 3 is 2.25 bits per heavy atom. The number of nitrogens with zero attached hydrogens (tertiary/aromatic N) is 1. The highest BCUT2D eigenvalue weighted by atomic mass is 32.2. The number of sulfonamides is 1. The molecule has 0 radical (unpaired) electrons.